The summed E-state index contributed by atoms with van der Waals surface area (Å²) >= 11 is 0. The Morgan fingerprint density at radius 2 is 1.33 bits per heavy atom. The first kappa shape index (κ1) is 18.8. The summed E-state index contributed by atoms with van der Waals surface area (Å²) in [4.78, 5) is 28.6. The summed E-state index contributed by atoms with van der Waals surface area (Å²) in [7, 11) is 0. The Kier molecular flexibility index (Phi) is 5.41. The molecular formula is C24H25NO2. The summed E-state index contributed by atoms with van der Waals surface area (Å²) in [5, 5.41) is 1.77. The number of benzene rings is 3. The van der Waals surface area contributed by atoms with Crippen LogP contribution in [-0.2, 0) is 0 Å². The number of ketones is 1. The minimum atomic E-state index is -0.128. The number of hydrogen-bond donors (Lipinski definition) is 0. The zero-order chi connectivity index (χ0) is 19.6. The lowest BCUT2D eigenvalue weighted by Crippen LogP contribution is -2.42. The van der Waals surface area contributed by atoms with Crippen molar-refractivity contribution in [3.63, 3.8) is 0 Å². The third-order valence-corrected chi connectivity index (χ3v) is 4.77. The molecule has 3 nitrogen and oxygen atoms in total. The monoisotopic (exact) mass is 359 g/mol. The first-order valence-electron chi connectivity index (χ1n) is 9.36. The Balaban J connectivity index is 2.25. The summed E-state index contributed by atoms with van der Waals surface area (Å²) in [6, 6.07) is 20.6. The molecule has 27 heavy (non-hydrogen) atoms. The van der Waals surface area contributed by atoms with Gasteiger partial charge in [-0.15, -0.1) is 0 Å². The van der Waals surface area contributed by atoms with E-state index in [0.29, 0.717) is 16.7 Å². The van der Waals surface area contributed by atoms with Gasteiger partial charge >= 0.3 is 0 Å². The first-order chi connectivity index (χ1) is 12.9. The normalized spacial score (nSPS) is 11.2. The van der Waals surface area contributed by atoms with Gasteiger partial charge in [0.2, 0.25) is 0 Å². The molecule has 0 aliphatic heterocycles. The van der Waals surface area contributed by atoms with Crippen LogP contribution in [0.1, 0.15) is 54.0 Å². The molecule has 0 saturated heterocycles. The second-order valence-corrected chi connectivity index (χ2v) is 7.30. The van der Waals surface area contributed by atoms with Crippen molar-refractivity contribution in [2.24, 2.45) is 0 Å². The van der Waals surface area contributed by atoms with Crippen molar-refractivity contribution in [1.29, 1.82) is 0 Å². The van der Waals surface area contributed by atoms with Crippen molar-refractivity contribution in [2.45, 2.75) is 39.8 Å². The van der Waals surface area contributed by atoms with Crippen molar-refractivity contribution < 1.29 is 9.59 Å². The van der Waals surface area contributed by atoms with Gasteiger partial charge in [0.15, 0.2) is 5.78 Å². The van der Waals surface area contributed by atoms with Gasteiger partial charge in [-0.2, -0.15) is 0 Å². The van der Waals surface area contributed by atoms with Gasteiger partial charge in [0.1, 0.15) is 0 Å². The van der Waals surface area contributed by atoms with E-state index in [4.69, 9.17) is 0 Å². The lowest BCUT2D eigenvalue weighted by Gasteiger charge is -2.32. The Labute approximate surface area is 160 Å². The van der Waals surface area contributed by atoms with Gasteiger partial charge in [-0.05, 0) is 44.5 Å². The fourth-order valence-corrected chi connectivity index (χ4v) is 3.63. The predicted octanol–water partition coefficient (Wildman–Crippen LogP) is 5.33. The molecule has 0 bridgehead atoms. The van der Waals surface area contributed by atoms with Crippen LogP contribution < -0.4 is 0 Å². The highest BCUT2D eigenvalue weighted by Crippen LogP contribution is 2.27. The average molecular weight is 359 g/mol. The largest absolute Gasteiger partial charge is 0.334 e. The number of carbonyl (C=O) groups excluding carboxylic acids is 2. The first-order valence-corrected chi connectivity index (χ1v) is 9.36. The highest BCUT2D eigenvalue weighted by molar-refractivity contribution is 6.20. The van der Waals surface area contributed by atoms with Gasteiger partial charge in [0.05, 0.1) is 5.56 Å². The third kappa shape index (κ3) is 3.63. The molecule has 1 amide bonds. The molecule has 0 heterocycles. The number of rotatable bonds is 5. The lowest BCUT2D eigenvalue weighted by atomic mass is 9.92. The molecule has 3 aromatic carbocycles. The molecule has 3 heteroatoms. The Morgan fingerprint density at radius 3 is 1.96 bits per heavy atom. The second-order valence-electron chi connectivity index (χ2n) is 7.30. The van der Waals surface area contributed by atoms with E-state index in [1.165, 1.54) is 0 Å². The summed E-state index contributed by atoms with van der Waals surface area (Å²) in [6.07, 6.45) is 0. The molecule has 3 rings (SSSR count). The molecule has 0 aliphatic rings. The average Bonchev–Trinajstić information content (AvgIpc) is 2.66. The summed E-state index contributed by atoms with van der Waals surface area (Å²) in [5.74, 6) is -0.228. The molecule has 0 atom stereocenters. The Hall–Kier alpha value is -2.94. The number of hydrogen-bond acceptors (Lipinski definition) is 2. The minimum Gasteiger partial charge on any atom is -0.334 e. The van der Waals surface area contributed by atoms with E-state index in [0.717, 1.165) is 10.8 Å². The van der Waals surface area contributed by atoms with E-state index in [1.54, 1.807) is 18.2 Å². The molecule has 0 unspecified atom stereocenters. The summed E-state index contributed by atoms with van der Waals surface area (Å²) < 4.78 is 0. The van der Waals surface area contributed by atoms with Crippen LogP contribution in [0.2, 0.25) is 0 Å². The number of fused-ring (bicyclic) bond motifs is 1. The number of nitrogens with zero attached hydrogens (tertiary/aromatic N) is 1. The third-order valence-electron chi connectivity index (χ3n) is 4.77. The fourth-order valence-electron chi connectivity index (χ4n) is 3.63. The van der Waals surface area contributed by atoms with Crippen LogP contribution in [0, 0.1) is 0 Å². The molecule has 3 aromatic rings. The maximum atomic E-state index is 13.6. The van der Waals surface area contributed by atoms with Gasteiger partial charge in [-0.1, -0.05) is 60.7 Å². The predicted molar refractivity (Wildman–Crippen MR) is 110 cm³/mol. The zero-order valence-corrected chi connectivity index (χ0v) is 16.3. The summed E-state index contributed by atoms with van der Waals surface area (Å²) in [6.45, 7) is 8.01. The fraction of sp³-hybridized carbons (Fsp3) is 0.250. The maximum absolute atomic E-state index is 13.6. The quantitative estimate of drug-likeness (QED) is 0.577. The molecule has 0 aromatic heterocycles. The molecular weight excluding hydrogens is 334 g/mol. The van der Waals surface area contributed by atoms with Gasteiger partial charge in [-0.25, -0.2) is 0 Å². The van der Waals surface area contributed by atoms with Crippen LogP contribution in [0.15, 0.2) is 66.7 Å². The van der Waals surface area contributed by atoms with Gasteiger partial charge in [0.25, 0.3) is 5.91 Å². The second kappa shape index (κ2) is 7.75. The maximum Gasteiger partial charge on any atom is 0.255 e. The van der Waals surface area contributed by atoms with E-state index in [1.807, 2.05) is 81.1 Å². The van der Waals surface area contributed by atoms with E-state index >= 15 is 0 Å². The van der Waals surface area contributed by atoms with Gasteiger partial charge in [-0.3, -0.25) is 9.59 Å². The van der Waals surface area contributed by atoms with Gasteiger partial charge < -0.3 is 4.90 Å². The van der Waals surface area contributed by atoms with E-state index < -0.39 is 0 Å². The van der Waals surface area contributed by atoms with Crippen LogP contribution in [0.4, 0.5) is 0 Å². The molecule has 0 saturated carbocycles. The van der Waals surface area contributed by atoms with Crippen molar-refractivity contribution >= 4 is 22.5 Å². The van der Waals surface area contributed by atoms with Crippen LogP contribution in [0.25, 0.3) is 10.8 Å². The SMILES string of the molecule is CC(C)N(C(=O)c1c(C(=O)c2ccccc2)ccc2ccccc12)C(C)C. The van der Waals surface area contributed by atoms with Crippen molar-refractivity contribution in [3.8, 4) is 0 Å². The van der Waals surface area contributed by atoms with Gasteiger partial charge in [0, 0.05) is 23.2 Å². The molecule has 0 aliphatic carbocycles. The topological polar surface area (TPSA) is 37.4 Å². The van der Waals surface area contributed by atoms with Crippen LogP contribution in [0.3, 0.4) is 0 Å². The number of amides is 1. The van der Waals surface area contributed by atoms with E-state index in [2.05, 4.69) is 0 Å². The van der Waals surface area contributed by atoms with Crippen LogP contribution in [0.5, 0.6) is 0 Å². The number of carbonyl (C=O) groups is 2. The highest BCUT2D eigenvalue weighted by Gasteiger charge is 2.28. The Bertz CT molecular complexity index is 966. The van der Waals surface area contributed by atoms with Crippen LogP contribution in [-0.4, -0.2) is 28.7 Å². The van der Waals surface area contributed by atoms with Crippen molar-refractivity contribution in [2.75, 3.05) is 0 Å². The van der Waals surface area contributed by atoms with Crippen molar-refractivity contribution in [3.05, 3.63) is 83.4 Å². The standard InChI is InChI=1S/C24H25NO2/c1-16(2)25(17(3)4)24(27)22-20-13-9-8-10-18(20)14-15-21(22)23(26)19-11-6-5-7-12-19/h5-17H,1-4H3. The highest BCUT2D eigenvalue weighted by atomic mass is 16.2. The molecule has 0 radical (unpaired) electrons. The summed E-state index contributed by atoms with van der Waals surface area (Å²) in [5.41, 5.74) is 1.53. The van der Waals surface area contributed by atoms with Crippen molar-refractivity contribution in [1.82, 2.24) is 4.90 Å². The molecule has 0 spiro atoms. The Morgan fingerprint density at radius 1 is 0.741 bits per heavy atom. The minimum absolute atomic E-state index is 0.0381. The molecule has 0 fully saturated rings. The zero-order valence-electron chi connectivity index (χ0n) is 16.3. The molecule has 0 N–H and O–H groups in total. The van der Waals surface area contributed by atoms with Crippen LogP contribution >= 0.6 is 0 Å². The molecule has 138 valence electrons. The smallest absolute Gasteiger partial charge is 0.255 e. The van der Waals surface area contributed by atoms with E-state index in [-0.39, 0.29) is 23.8 Å². The van der Waals surface area contributed by atoms with E-state index in [9.17, 15) is 9.59 Å². The lowest BCUT2D eigenvalue weighted by molar-refractivity contribution is 0.0642.